The van der Waals surface area contributed by atoms with Crippen LogP contribution in [0.3, 0.4) is 0 Å². The van der Waals surface area contributed by atoms with E-state index in [-0.39, 0.29) is 5.69 Å². The molecule has 3 rings (SSSR count). The molecule has 2 amide bonds. The third-order valence-electron chi connectivity index (χ3n) is 3.23. The molecule has 20 heavy (non-hydrogen) atoms. The molecular formula is C12H8F3N3O2. The van der Waals surface area contributed by atoms with Crippen LogP contribution in [0.5, 0.6) is 0 Å². The van der Waals surface area contributed by atoms with Gasteiger partial charge >= 0.3 is 6.18 Å². The van der Waals surface area contributed by atoms with Crippen LogP contribution < -0.4 is 10.3 Å². The van der Waals surface area contributed by atoms with Gasteiger partial charge in [-0.1, -0.05) is 6.07 Å². The van der Waals surface area contributed by atoms with Gasteiger partial charge in [-0.15, -0.1) is 0 Å². The van der Waals surface area contributed by atoms with Crippen molar-refractivity contribution < 1.29 is 22.8 Å². The molecule has 1 fully saturated rings. The summed E-state index contributed by atoms with van der Waals surface area (Å²) in [6, 6.07) is 3.30. The lowest BCUT2D eigenvalue weighted by atomic mass is 10.1. The van der Waals surface area contributed by atoms with Gasteiger partial charge in [0.15, 0.2) is 0 Å². The van der Waals surface area contributed by atoms with Crippen LogP contribution >= 0.6 is 0 Å². The molecule has 0 aromatic heterocycles. The first kappa shape index (κ1) is 12.6. The van der Waals surface area contributed by atoms with E-state index in [1.165, 1.54) is 12.3 Å². The van der Waals surface area contributed by atoms with Crippen molar-refractivity contribution >= 4 is 23.7 Å². The highest BCUT2D eigenvalue weighted by molar-refractivity contribution is 6.28. The fraction of sp³-hybridized carbons (Fsp3) is 0.250. The molecule has 5 nitrogen and oxygen atoms in total. The van der Waals surface area contributed by atoms with Crippen molar-refractivity contribution in [2.24, 2.45) is 11.0 Å². The predicted octanol–water partition coefficient (Wildman–Crippen LogP) is 1.15. The Morgan fingerprint density at radius 2 is 1.95 bits per heavy atom. The lowest BCUT2D eigenvalue weighted by Crippen LogP contribution is -2.36. The first-order valence-corrected chi connectivity index (χ1v) is 5.73. The number of rotatable bonds is 1. The van der Waals surface area contributed by atoms with Gasteiger partial charge in [0.25, 0.3) is 5.91 Å². The normalized spacial score (nSPS) is 25.1. The number of fused-ring (bicyclic) bond motifs is 1. The first-order chi connectivity index (χ1) is 9.39. The fourth-order valence-electron chi connectivity index (χ4n) is 2.26. The number of nitrogens with zero attached hydrogens (tertiary/aromatic N) is 2. The molecule has 2 atom stereocenters. The number of halogens is 3. The molecule has 104 valence electrons. The van der Waals surface area contributed by atoms with Gasteiger partial charge in [0.05, 0.1) is 11.3 Å². The number of anilines is 1. The number of nitrogens with one attached hydrogen (secondary N) is 1. The van der Waals surface area contributed by atoms with Crippen molar-refractivity contribution in [1.82, 2.24) is 5.43 Å². The molecule has 1 N–H and O–H groups in total. The Labute approximate surface area is 111 Å². The molecule has 2 aliphatic heterocycles. The number of alkyl halides is 3. The van der Waals surface area contributed by atoms with Crippen LogP contribution in [0.15, 0.2) is 29.4 Å². The molecule has 2 heterocycles. The zero-order valence-corrected chi connectivity index (χ0v) is 9.89. The minimum absolute atomic E-state index is 0.0839. The number of hydrogen-bond donors (Lipinski definition) is 1. The van der Waals surface area contributed by atoms with E-state index >= 15 is 0 Å². The van der Waals surface area contributed by atoms with Gasteiger partial charge < -0.3 is 0 Å². The second-order valence-corrected chi connectivity index (χ2v) is 4.47. The van der Waals surface area contributed by atoms with Crippen LogP contribution in [0.25, 0.3) is 0 Å². The monoisotopic (exact) mass is 283 g/mol. The number of imide groups is 1. The molecule has 0 saturated carbocycles. The molecular weight excluding hydrogens is 275 g/mol. The number of carbonyl (C=O) groups excluding carboxylic acids is 2. The molecule has 0 unspecified atom stereocenters. The summed E-state index contributed by atoms with van der Waals surface area (Å²) in [7, 11) is 0. The van der Waals surface area contributed by atoms with E-state index in [4.69, 9.17) is 0 Å². The summed E-state index contributed by atoms with van der Waals surface area (Å²) in [5.74, 6) is -1.93. The zero-order valence-electron chi connectivity index (χ0n) is 9.89. The second kappa shape index (κ2) is 4.06. The quantitative estimate of drug-likeness (QED) is 0.786. The van der Waals surface area contributed by atoms with Gasteiger partial charge in [-0.05, 0) is 18.2 Å². The fourth-order valence-corrected chi connectivity index (χ4v) is 2.26. The highest BCUT2D eigenvalue weighted by atomic mass is 19.4. The smallest absolute Gasteiger partial charge is 0.297 e. The Bertz CT molecular complexity index is 627. The molecule has 0 spiro atoms. The summed E-state index contributed by atoms with van der Waals surface area (Å²) in [5.41, 5.74) is 1.49. The Hall–Kier alpha value is -2.38. The predicted molar refractivity (Wildman–Crippen MR) is 62.8 cm³/mol. The Morgan fingerprint density at radius 1 is 1.20 bits per heavy atom. The van der Waals surface area contributed by atoms with Crippen molar-refractivity contribution in [3.05, 3.63) is 29.8 Å². The third-order valence-corrected chi connectivity index (χ3v) is 3.23. The summed E-state index contributed by atoms with van der Waals surface area (Å²) in [6.45, 7) is 0. The van der Waals surface area contributed by atoms with E-state index in [0.717, 1.165) is 23.1 Å². The molecule has 1 aromatic carbocycles. The number of benzene rings is 1. The average molecular weight is 283 g/mol. The maximum Gasteiger partial charge on any atom is 0.416 e. The number of amides is 2. The highest BCUT2D eigenvalue weighted by Crippen LogP contribution is 2.34. The van der Waals surface area contributed by atoms with Gasteiger partial charge in [-0.3, -0.25) is 15.0 Å². The average Bonchev–Trinajstić information content (AvgIpc) is 2.94. The van der Waals surface area contributed by atoms with Crippen LogP contribution in [-0.4, -0.2) is 24.1 Å². The van der Waals surface area contributed by atoms with Crippen molar-refractivity contribution in [3.63, 3.8) is 0 Å². The lowest BCUT2D eigenvalue weighted by molar-refractivity contribution is -0.137. The minimum atomic E-state index is -4.53. The molecule has 8 heteroatoms. The molecule has 2 aliphatic rings. The van der Waals surface area contributed by atoms with E-state index in [2.05, 4.69) is 10.5 Å². The maximum atomic E-state index is 12.7. The van der Waals surface area contributed by atoms with Crippen LogP contribution in [0.1, 0.15) is 5.56 Å². The van der Waals surface area contributed by atoms with Crippen molar-refractivity contribution in [2.45, 2.75) is 12.2 Å². The van der Waals surface area contributed by atoms with E-state index in [1.54, 1.807) is 0 Å². The van der Waals surface area contributed by atoms with Crippen molar-refractivity contribution in [2.75, 3.05) is 4.90 Å². The lowest BCUT2D eigenvalue weighted by Gasteiger charge is -2.16. The van der Waals surface area contributed by atoms with Crippen LogP contribution in [-0.2, 0) is 15.8 Å². The largest absolute Gasteiger partial charge is 0.416 e. The van der Waals surface area contributed by atoms with Gasteiger partial charge in [0.1, 0.15) is 12.0 Å². The molecule has 0 bridgehead atoms. The molecule has 0 radical (unpaired) electrons. The summed E-state index contributed by atoms with van der Waals surface area (Å²) >= 11 is 0. The van der Waals surface area contributed by atoms with E-state index in [1.807, 2.05) is 0 Å². The molecule has 1 aromatic rings. The third kappa shape index (κ3) is 1.75. The van der Waals surface area contributed by atoms with Gasteiger partial charge in [0, 0.05) is 6.21 Å². The number of carbonyl (C=O) groups is 2. The highest BCUT2D eigenvalue weighted by Gasteiger charge is 2.50. The summed E-state index contributed by atoms with van der Waals surface area (Å²) in [5, 5.41) is 3.63. The van der Waals surface area contributed by atoms with Gasteiger partial charge in [-0.25, -0.2) is 4.90 Å². The minimum Gasteiger partial charge on any atom is -0.297 e. The first-order valence-electron chi connectivity index (χ1n) is 5.73. The Balaban J connectivity index is 2.00. The standard InChI is InChI=1S/C12H8F3N3O2/c13-12(14,15)6-2-1-3-7(4-6)18-10(19)8-5-16-17-9(8)11(18)20/h1-5,8-9,17H/t8-,9-/m0/s1. The zero-order chi connectivity index (χ0) is 14.5. The second-order valence-electron chi connectivity index (χ2n) is 4.47. The summed E-state index contributed by atoms with van der Waals surface area (Å²) < 4.78 is 38.0. The van der Waals surface area contributed by atoms with E-state index in [0.29, 0.717) is 0 Å². The van der Waals surface area contributed by atoms with Crippen LogP contribution in [0, 0.1) is 5.92 Å². The Morgan fingerprint density at radius 3 is 2.60 bits per heavy atom. The topological polar surface area (TPSA) is 61.8 Å². The van der Waals surface area contributed by atoms with E-state index < -0.39 is 35.5 Å². The number of hydrazone groups is 1. The van der Waals surface area contributed by atoms with Crippen LogP contribution in [0.2, 0.25) is 0 Å². The van der Waals surface area contributed by atoms with E-state index in [9.17, 15) is 22.8 Å². The van der Waals surface area contributed by atoms with Crippen LogP contribution in [0.4, 0.5) is 18.9 Å². The maximum absolute atomic E-state index is 12.7. The van der Waals surface area contributed by atoms with Gasteiger partial charge in [-0.2, -0.15) is 18.3 Å². The summed E-state index contributed by atoms with van der Waals surface area (Å²) in [6.07, 6.45) is -3.24. The molecule has 0 aliphatic carbocycles. The molecule has 1 saturated heterocycles. The SMILES string of the molecule is O=C1[C@H]2C=NN[C@@H]2C(=O)N1c1cccc(C(F)(F)F)c1. The van der Waals surface area contributed by atoms with Gasteiger partial charge in [0.2, 0.25) is 5.91 Å². The Kier molecular flexibility index (Phi) is 2.56. The summed E-state index contributed by atoms with van der Waals surface area (Å²) in [4.78, 5) is 24.9. The van der Waals surface area contributed by atoms with Crippen molar-refractivity contribution in [3.8, 4) is 0 Å². The van der Waals surface area contributed by atoms with Crippen molar-refractivity contribution in [1.29, 1.82) is 0 Å². The number of hydrogen-bond acceptors (Lipinski definition) is 4.